The number of allylic oxidation sites excluding steroid dienone is 1. The second-order valence-corrected chi connectivity index (χ2v) is 4.83. The van der Waals surface area contributed by atoms with Crippen molar-refractivity contribution in [3.8, 4) is 0 Å². The number of hydrogen-bond donors (Lipinski definition) is 1. The number of methoxy groups -OCH3 is 1. The van der Waals surface area contributed by atoms with Crippen LogP contribution < -0.4 is 0 Å². The van der Waals surface area contributed by atoms with Crippen LogP contribution in [0.5, 0.6) is 0 Å². The van der Waals surface area contributed by atoms with Gasteiger partial charge in [-0.15, -0.1) is 6.58 Å². The molecule has 0 aromatic heterocycles. The topological polar surface area (TPSA) is 29.5 Å². The van der Waals surface area contributed by atoms with Crippen molar-refractivity contribution in [1.82, 2.24) is 0 Å². The lowest BCUT2D eigenvalue weighted by atomic mass is 9.75. The molecule has 0 aromatic rings. The standard InChI is InChI=1S/C13H24O2/c1-4-5-6-12(14)13(15-3)9-7-11(2)8-10-13/h4,11-12,14H,1,5-10H2,2-3H3. The van der Waals surface area contributed by atoms with Crippen molar-refractivity contribution in [3.05, 3.63) is 12.7 Å². The van der Waals surface area contributed by atoms with E-state index in [0.29, 0.717) is 0 Å². The Kier molecular flexibility index (Phi) is 4.81. The summed E-state index contributed by atoms with van der Waals surface area (Å²) in [7, 11) is 1.73. The lowest BCUT2D eigenvalue weighted by molar-refractivity contribution is -0.129. The van der Waals surface area contributed by atoms with Gasteiger partial charge in [-0.2, -0.15) is 0 Å². The van der Waals surface area contributed by atoms with E-state index >= 15 is 0 Å². The summed E-state index contributed by atoms with van der Waals surface area (Å²) >= 11 is 0. The Labute approximate surface area is 93.3 Å². The Hall–Kier alpha value is -0.340. The minimum absolute atomic E-state index is 0.282. The minimum Gasteiger partial charge on any atom is -0.390 e. The van der Waals surface area contributed by atoms with Crippen LogP contribution in [0, 0.1) is 5.92 Å². The van der Waals surface area contributed by atoms with Crippen molar-refractivity contribution in [2.75, 3.05) is 7.11 Å². The van der Waals surface area contributed by atoms with Gasteiger partial charge in [0.05, 0.1) is 11.7 Å². The van der Waals surface area contributed by atoms with Crippen LogP contribution in [0.25, 0.3) is 0 Å². The van der Waals surface area contributed by atoms with Crippen molar-refractivity contribution in [2.24, 2.45) is 5.92 Å². The maximum atomic E-state index is 10.2. The van der Waals surface area contributed by atoms with E-state index in [1.165, 1.54) is 12.8 Å². The molecule has 1 unspecified atom stereocenters. The summed E-state index contributed by atoms with van der Waals surface area (Å²) in [6.45, 7) is 5.96. The summed E-state index contributed by atoms with van der Waals surface area (Å²) in [4.78, 5) is 0. The first-order valence-electron chi connectivity index (χ1n) is 5.98. The quantitative estimate of drug-likeness (QED) is 0.710. The molecule has 88 valence electrons. The zero-order valence-corrected chi connectivity index (χ0v) is 10.0. The molecule has 1 aliphatic rings. The second kappa shape index (κ2) is 5.66. The molecule has 0 amide bonds. The predicted molar refractivity (Wildman–Crippen MR) is 62.8 cm³/mol. The van der Waals surface area contributed by atoms with Gasteiger partial charge in [-0.3, -0.25) is 0 Å². The first kappa shape index (κ1) is 12.7. The van der Waals surface area contributed by atoms with Gasteiger partial charge in [0.1, 0.15) is 0 Å². The molecule has 0 bridgehead atoms. The molecule has 15 heavy (non-hydrogen) atoms. The highest BCUT2D eigenvalue weighted by atomic mass is 16.5. The summed E-state index contributed by atoms with van der Waals surface area (Å²) < 4.78 is 5.60. The van der Waals surface area contributed by atoms with E-state index < -0.39 is 0 Å². The van der Waals surface area contributed by atoms with Gasteiger partial charge in [0.2, 0.25) is 0 Å². The van der Waals surface area contributed by atoms with Crippen LogP contribution in [-0.2, 0) is 4.74 Å². The van der Waals surface area contributed by atoms with Gasteiger partial charge in [-0.1, -0.05) is 13.0 Å². The molecule has 1 N–H and O–H groups in total. The zero-order valence-electron chi connectivity index (χ0n) is 10.0. The third-order valence-corrected chi connectivity index (χ3v) is 3.78. The van der Waals surface area contributed by atoms with Crippen molar-refractivity contribution in [1.29, 1.82) is 0 Å². The third-order valence-electron chi connectivity index (χ3n) is 3.78. The van der Waals surface area contributed by atoms with Crippen LogP contribution in [0.2, 0.25) is 0 Å². The second-order valence-electron chi connectivity index (χ2n) is 4.83. The van der Waals surface area contributed by atoms with Crippen LogP contribution in [0.1, 0.15) is 45.4 Å². The summed E-state index contributed by atoms with van der Waals surface area (Å²) in [6, 6.07) is 0. The van der Waals surface area contributed by atoms with Crippen molar-refractivity contribution < 1.29 is 9.84 Å². The zero-order chi connectivity index (χ0) is 11.3. The predicted octanol–water partition coefficient (Wildman–Crippen LogP) is 2.91. The van der Waals surface area contributed by atoms with Gasteiger partial charge in [-0.25, -0.2) is 0 Å². The van der Waals surface area contributed by atoms with E-state index in [1.807, 2.05) is 6.08 Å². The number of aliphatic hydroxyl groups is 1. The number of hydrogen-bond acceptors (Lipinski definition) is 2. The highest BCUT2D eigenvalue weighted by Gasteiger charge is 2.40. The monoisotopic (exact) mass is 212 g/mol. The third kappa shape index (κ3) is 3.05. The SMILES string of the molecule is C=CCCC(O)C1(OC)CCC(C)CC1. The molecule has 1 rings (SSSR count). The molecule has 1 fully saturated rings. The summed E-state index contributed by atoms with van der Waals surface area (Å²) in [6.07, 6.45) is 7.46. The molecule has 2 nitrogen and oxygen atoms in total. The molecule has 0 saturated heterocycles. The molecule has 0 aliphatic heterocycles. The van der Waals surface area contributed by atoms with Gasteiger partial charge in [0.15, 0.2) is 0 Å². The number of rotatable bonds is 5. The smallest absolute Gasteiger partial charge is 0.0936 e. The van der Waals surface area contributed by atoms with Gasteiger partial charge >= 0.3 is 0 Å². The average Bonchev–Trinajstić information content (AvgIpc) is 2.27. The van der Waals surface area contributed by atoms with Crippen LogP contribution in [0.4, 0.5) is 0 Å². The highest BCUT2D eigenvalue weighted by Crippen LogP contribution is 2.38. The van der Waals surface area contributed by atoms with Crippen LogP contribution >= 0.6 is 0 Å². The molecular weight excluding hydrogens is 188 g/mol. The first-order valence-corrected chi connectivity index (χ1v) is 5.98. The van der Waals surface area contributed by atoms with Gasteiger partial charge < -0.3 is 9.84 Å². The molecule has 1 saturated carbocycles. The van der Waals surface area contributed by atoms with Crippen LogP contribution in [0.15, 0.2) is 12.7 Å². The lowest BCUT2D eigenvalue weighted by Crippen LogP contribution is -2.46. The summed E-state index contributed by atoms with van der Waals surface area (Å²) in [5.74, 6) is 0.778. The number of aliphatic hydroxyl groups excluding tert-OH is 1. The Morgan fingerprint density at radius 1 is 1.53 bits per heavy atom. The Morgan fingerprint density at radius 3 is 2.60 bits per heavy atom. The van der Waals surface area contributed by atoms with Gasteiger partial charge in [0.25, 0.3) is 0 Å². The van der Waals surface area contributed by atoms with E-state index in [0.717, 1.165) is 31.6 Å². The number of ether oxygens (including phenoxy) is 1. The van der Waals surface area contributed by atoms with E-state index in [4.69, 9.17) is 4.74 Å². The average molecular weight is 212 g/mol. The van der Waals surface area contributed by atoms with Crippen molar-refractivity contribution >= 4 is 0 Å². The fraction of sp³-hybridized carbons (Fsp3) is 0.846. The van der Waals surface area contributed by atoms with E-state index in [1.54, 1.807) is 7.11 Å². The van der Waals surface area contributed by atoms with E-state index in [2.05, 4.69) is 13.5 Å². The molecule has 2 heteroatoms. The van der Waals surface area contributed by atoms with Crippen LogP contribution in [-0.4, -0.2) is 23.9 Å². The Morgan fingerprint density at radius 2 is 2.13 bits per heavy atom. The Bertz CT molecular complexity index is 193. The maximum absolute atomic E-state index is 10.2. The van der Waals surface area contributed by atoms with Gasteiger partial charge in [-0.05, 0) is 44.4 Å². The van der Waals surface area contributed by atoms with Crippen molar-refractivity contribution in [3.63, 3.8) is 0 Å². The molecule has 0 heterocycles. The highest BCUT2D eigenvalue weighted by molar-refractivity contribution is 4.93. The molecule has 1 aliphatic carbocycles. The molecular formula is C13H24O2. The minimum atomic E-state index is -0.340. The largest absolute Gasteiger partial charge is 0.390 e. The van der Waals surface area contributed by atoms with Gasteiger partial charge in [0, 0.05) is 7.11 Å². The lowest BCUT2D eigenvalue weighted by Gasteiger charge is -2.41. The summed E-state index contributed by atoms with van der Waals surface area (Å²) in [5, 5.41) is 10.2. The molecule has 0 spiro atoms. The molecule has 0 aromatic carbocycles. The first-order chi connectivity index (χ1) is 7.14. The molecule has 1 atom stereocenters. The fourth-order valence-corrected chi connectivity index (χ4v) is 2.46. The van der Waals surface area contributed by atoms with Crippen molar-refractivity contribution in [2.45, 2.75) is 57.2 Å². The van der Waals surface area contributed by atoms with Crippen LogP contribution in [0.3, 0.4) is 0 Å². The van der Waals surface area contributed by atoms with E-state index in [9.17, 15) is 5.11 Å². The molecule has 0 radical (unpaired) electrons. The Balaban J connectivity index is 2.55. The summed E-state index contributed by atoms with van der Waals surface area (Å²) in [5.41, 5.74) is -0.282. The normalized spacial score (nSPS) is 33.7. The fourth-order valence-electron chi connectivity index (χ4n) is 2.46. The maximum Gasteiger partial charge on any atom is 0.0936 e. The van der Waals surface area contributed by atoms with E-state index in [-0.39, 0.29) is 11.7 Å².